The van der Waals surface area contributed by atoms with Crippen LogP contribution in [-0.2, 0) is 17.8 Å². The van der Waals surface area contributed by atoms with Crippen LogP contribution in [0.15, 0.2) is 48.4 Å². The van der Waals surface area contributed by atoms with E-state index < -0.39 is 6.10 Å². The van der Waals surface area contributed by atoms with Crippen LogP contribution < -0.4 is 14.5 Å². The van der Waals surface area contributed by atoms with Crippen molar-refractivity contribution in [3.05, 3.63) is 65.2 Å². The molecule has 0 radical (unpaired) electrons. The summed E-state index contributed by atoms with van der Waals surface area (Å²) in [6, 6.07) is 11.8. The van der Waals surface area contributed by atoms with Crippen LogP contribution in [0.3, 0.4) is 0 Å². The Bertz CT molecular complexity index is 1710. The lowest BCUT2D eigenvalue weighted by atomic mass is 9.98. The van der Waals surface area contributed by atoms with Crippen molar-refractivity contribution in [2.24, 2.45) is 0 Å². The molecule has 1 aromatic heterocycles. The van der Waals surface area contributed by atoms with Crippen LogP contribution in [0.25, 0.3) is 16.8 Å². The maximum absolute atomic E-state index is 12.6. The minimum absolute atomic E-state index is 0.0417. The zero-order valence-electron chi connectivity index (χ0n) is 25.9. The number of anilines is 2. The second-order valence-electron chi connectivity index (χ2n) is 12.1. The van der Waals surface area contributed by atoms with Gasteiger partial charge in [-0.15, -0.1) is 0 Å². The number of rotatable bonds is 8. The van der Waals surface area contributed by atoms with E-state index in [1.54, 1.807) is 22.4 Å². The van der Waals surface area contributed by atoms with Crippen molar-refractivity contribution in [2.45, 2.75) is 44.0 Å². The molecule has 1 unspecified atom stereocenters. The molecule has 2 fully saturated rings. The number of β-amino-alcohol motifs (C(OH)–C–C–N with tert-alkyl or cyclic N) is 1. The minimum atomic E-state index is -0.391. The van der Waals surface area contributed by atoms with Crippen LogP contribution >= 0.6 is 12.6 Å². The highest BCUT2D eigenvalue weighted by atomic mass is 32.1. The van der Waals surface area contributed by atoms with E-state index >= 15 is 0 Å². The second-order valence-corrected chi connectivity index (χ2v) is 12.4. The Kier molecular flexibility index (Phi) is 9.35. The number of piperazine rings is 1. The van der Waals surface area contributed by atoms with Gasteiger partial charge in [-0.3, -0.25) is 9.69 Å². The number of fused-ring (bicyclic) bond motifs is 2. The predicted octanol–water partition coefficient (Wildman–Crippen LogP) is 3.36. The second kappa shape index (κ2) is 13.6. The van der Waals surface area contributed by atoms with Gasteiger partial charge in [0.1, 0.15) is 18.2 Å². The molecular formula is C34H39N7O4S. The monoisotopic (exact) mass is 641 g/mol. The molecule has 3 aliphatic rings. The minimum Gasteiger partial charge on any atom is -0.508 e. The van der Waals surface area contributed by atoms with Crippen molar-refractivity contribution in [3.63, 3.8) is 0 Å². The summed E-state index contributed by atoms with van der Waals surface area (Å²) in [5, 5.41) is 34.0. The maximum Gasteiger partial charge on any atom is 0.318 e. The van der Waals surface area contributed by atoms with Crippen LogP contribution in [0.5, 0.6) is 11.8 Å². The van der Waals surface area contributed by atoms with Crippen molar-refractivity contribution >= 4 is 46.9 Å². The molecule has 3 aliphatic heterocycles. The molecule has 0 spiro atoms. The van der Waals surface area contributed by atoms with Gasteiger partial charge < -0.3 is 29.6 Å². The number of benzene rings is 2. The van der Waals surface area contributed by atoms with Crippen molar-refractivity contribution in [1.29, 1.82) is 5.26 Å². The van der Waals surface area contributed by atoms with E-state index in [2.05, 4.69) is 40.0 Å². The van der Waals surface area contributed by atoms with Crippen molar-refractivity contribution in [2.75, 3.05) is 56.2 Å². The number of aromatic nitrogens is 2. The number of likely N-dealkylation sites (tertiary alicyclic amines) is 1. The molecule has 11 nitrogen and oxygen atoms in total. The Labute approximate surface area is 274 Å². The molecule has 2 saturated heterocycles. The number of hydrogen-bond donors (Lipinski definition) is 3. The number of thiol groups is 1. The lowest BCUT2D eigenvalue weighted by molar-refractivity contribution is -0.128. The highest BCUT2D eigenvalue weighted by Gasteiger charge is 2.34. The number of nitriles is 1. The van der Waals surface area contributed by atoms with E-state index in [9.17, 15) is 20.3 Å². The number of aliphatic hydroxyl groups is 1. The number of aliphatic hydroxyl groups excluding tert-OH is 1. The molecule has 3 atom stereocenters. The Morgan fingerprint density at radius 1 is 1.20 bits per heavy atom. The third-order valence-electron chi connectivity index (χ3n) is 9.23. The third-order valence-corrected chi connectivity index (χ3v) is 9.38. The Balaban J connectivity index is 1.37. The molecule has 240 valence electrons. The molecule has 0 saturated carbocycles. The zero-order valence-corrected chi connectivity index (χ0v) is 26.8. The fourth-order valence-corrected chi connectivity index (χ4v) is 7.12. The largest absolute Gasteiger partial charge is 0.508 e. The van der Waals surface area contributed by atoms with Crippen LogP contribution in [0.1, 0.15) is 29.7 Å². The van der Waals surface area contributed by atoms with Crippen LogP contribution in [-0.4, -0.2) is 100 Å². The molecule has 46 heavy (non-hydrogen) atoms. The normalized spacial score (nSPS) is 21.9. The topological polar surface area (TPSA) is 129 Å². The lowest BCUT2D eigenvalue weighted by Gasteiger charge is -2.42. The molecule has 2 aromatic carbocycles. The number of phenols is 1. The third kappa shape index (κ3) is 6.35. The standard InChI is InChI=1S/C34H39N7O4S/c1-3-31(44)41-13-12-40(18-24(41)7-10-35)33-28-8-11-39(30-17-26(42)15-23-6-4-5-22(9-14-46)32(23)30)20-29(28)36-34(37-33)45-21-25-16-27(43)19-38(25)2/h3-6,9,14-15,17,24-25,27,42-43,46H,1,7-8,11-13,16,18-21H2,2H3/b14-9-/t24-,25-,27?/m0/s1. The van der Waals surface area contributed by atoms with Gasteiger partial charge in [0.2, 0.25) is 5.91 Å². The highest BCUT2D eigenvalue weighted by molar-refractivity contribution is 7.83. The van der Waals surface area contributed by atoms with Crippen molar-refractivity contribution < 1.29 is 19.7 Å². The average molecular weight is 642 g/mol. The van der Waals surface area contributed by atoms with Gasteiger partial charge in [0.15, 0.2) is 0 Å². The van der Waals surface area contributed by atoms with Crippen LogP contribution in [0.2, 0.25) is 0 Å². The summed E-state index contributed by atoms with van der Waals surface area (Å²) < 4.78 is 6.23. The van der Waals surface area contributed by atoms with Gasteiger partial charge >= 0.3 is 6.01 Å². The summed E-state index contributed by atoms with van der Waals surface area (Å²) in [7, 11) is 1.97. The fourth-order valence-electron chi connectivity index (χ4n) is 6.96. The van der Waals surface area contributed by atoms with E-state index in [0.29, 0.717) is 58.7 Å². The fraction of sp³-hybridized carbons (Fsp3) is 0.412. The van der Waals surface area contributed by atoms with Gasteiger partial charge in [0, 0.05) is 61.5 Å². The number of aromatic hydroxyl groups is 1. The molecule has 0 aliphatic carbocycles. The summed E-state index contributed by atoms with van der Waals surface area (Å²) in [5.41, 5.74) is 3.74. The smallest absolute Gasteiger partial charge is 0.318 e. The molecule has 2 N–H and O–H groups in total. The first kappa shape index (κ1) is 31.7. The summed E-state index contributed by atoms with van der Waals surface area (Å²) >= 11 is 4.31. The Morgan fingerprint density at radius 2 is 2.04 bits per heavy atom. The summed E-state index contributed by atoms with van der Waals surface area (Å²) in [6.07, 6.45) is 4.32. The number of phenolic OH excluding ortho intramolecular Hbond substituents is 1. The van der Waals surface area contributed by atoms with E-state index in [1.807, 2.05) is 31.3 Å². The number of nitrogens with zero attached hydrogens (tertiary/aromatic N) is 7. The van der Waals surface area contributed by atoms with Gasteiger partial charge in [-0.2, -0.15) is 27.9 Å². The molecule has 12 heteroatoms. The zero-order chi connectivity index (χ0) is 32.4. The van der Waals surface area contributed by atoms with Crippen LogP contribution in [0.4, 0.5) is 11.5 Å². The summed E-state index contributed by atoms with van der Waals surface area (Å²) in [4.78, 5) is 30.6. The van der Waals surface area contributed by atoms with Crippen molar-refractivity contribution in [3.8, 4) is 17.8 Å². The maximum atomic E-state index is 12.6. The van der Waals surface area contributed by atoms with Gasteiger partial charge in [-0.25, -0.2) is 0 Å². The molecule has 0 bridgehead atoms. The Hall–Kier alpha value is -4.31. The van der Waals surface area contributed by atoms with E-state index in [-0.39, 0.29) is 36.2 Å². The molecule has 1 amide bonds. The summed E-state index contributed by atoms with van der Waals surface area (Å²) in [5.74, 6) is 0.760. The van der Waals surface area contributed by atoms with E-state index in [1.165, 1.54) is 6.08 Å². The SMILES string of the molecule is C=CC(=O)N1CCN(c2nc(OC[C@@H]3CC(O)CN3C)nc3c2CCN(c2cc(O)cc4cccc(/C=C\S)c24)C3)C[C@@H]1CC#N. The molecule has 3 aromatic rings. The highest BCUT2D eigenvalue weighted by Crippen LogP contribution is 2.38. The number of carbonyl (C=O) groups excluding carboxylic acids is 1. The molecule has 6 rings (SSSR count). The molecular weight excluding hydrogens is 602 g/mol. The summed E-state index contributed by atoms with van der Waals surface area (Å²) in [6.45, 7) is 7.15. The number of ether oxygens (including phenoxy) is 1. The van der Waals surface area contributed by atoms with E-state index in [4.69, 9.17) is 14.7 Å². The van der Waals surface area contributed by atoms with Gasteiger partial charge in [0.25, 0.3) is 0 Å². The first-order valence-corrected chi connectivity index (χ1v) is 16.1. The lowest BCUT2D eigenvalue weighted by Crippen LogP contribution is -2.55. The first-order valence-electron chi connectivity index (χ1n) is 15.6. The van der Waals surface area contributed by atoms with Gasteiger partial charge in [-0.1, -0.05) is 24.8 Å². The first-order chi connectivity index (χ1) is 22.3. The van der Waals surface area contributed by atoms with Gasteiger partial charge in [-0.05, 0) is 54.5 Å². The average Bonchev–Trinajstić information content (AvgIpc) is 3.38. The van der Waals surface area contributed by atoms with E-state index in [0.717, 1.165) is 39.1 Å². The van der Waals surface area contributed by atoms with Crippen LogP contribution in [0, 0.1) is 11.3 Å². The molecule has 4 heterocycles. The van der Waals surface area contributed by atoms with Crippen molar-refractivity contribution in [1.82, 2.24) is 19.8 Å². The number of hydrogen-bond acceptors (Lipinski definition) is 11. The number of likely N-dealkylation sites (N-methyl/N-ethyl adjacent to an activating group) is 1. The van der Waals surface area contributed by atoms with Gasteiger partial charge in [0.05, 0.1) is 36.9 Å². The number of amides is 1. The Morgan fingerprint density at radius 3 is 2.78 bits per heavy atom. The number of carbonyl (C=O) groups is 1. The predicted molar refractivity (Wildman–Crippen MR) is 181 cm³/mol. The quantitative estimate of drug-likeness (QED) is 0.249.